The van der Waals surface area contributed by atoms with Crippen molar-refractivity contribution in [2.45, 2.75) is 39.3 Å². The van der Waals surface area contributed by atoms with Crippen LogP contribution in [-0.4, -0.2) is 42.5 Å². The van der Waals surface area contributed by atoms with Gasteiger partial charge in [-0.2, -0.15) is 13.2 Å². The molecule has 0 aromatic heterocycles. The maximum Gasteiger partial charge on any atom is 0.471 e. The smallest absolute Gasteiger partial charge is 0.356 e. The van der Waals surface area contributed by atoms with Crippen LogP contribution in [0.1, 0.15) is 33.1 Å². The Kier molecular flexibility index (Phi) is 5.83. The number of amides is 2. The number of carbonyl (C=O) groups excluding carboxylic acids is 2. The zero-order valence-corrected chi connectivity index (χ0v) is 11.8. The molecule has 116 valence electrons. The van der Waals surface area contributed by atoms with Crippen LogP contribution < -0.4 is 5.32 Å². The van der Waals surface area contributed by atoms with Crippen LogP contribution in [0.3, 0.4) is 0 Å². The third kappa shape index (κ3) is 5.02. The molecule has 2 amide bonds. The first-order valence-corrected chi connectivity index (χ1v) is 6.85. The van der Waals surface area contributed by atoms with Gasteiger partial charge in [0.15, 0.2) is 0 Å². The largest absolute Gasteiger partial charge is 0.471 e. The van der Waals surface area contributed by atoms with Gasteiger partial charge in [-0.15, -0.1) is 0 Å². The number of halogens is 3. The molecule has 0 spiro atoms. The van der Waals surface area contributed by atoms with Gasteiger partial charge in [0.05, 0.1) is 0 Å². The lowest BCUT2D eigenvalue weighted by molar-refractivity contribution is -0.186. The quantitative estimate of drug-likeness (QED) is 0.861. The Hall–Kier alpha value is -1.27. The molecule has 1 N–H and O–H groups in total. The number of piperidine rings is 1. The molecule has 1 aliphatic rings. The molecule has 0 atom stereocenters. The SMILES string of the molecule is CC(C)CCNC(=O)C1CCN(C(=O)C(F)(F)F)CC1. The highest BCUT2D eigenvalue weighted by Crippen LogP contribution is 2.23. The molecule has 0 unspecified atom stereocenters. The molecule has 0 saturated carbocycles. The molecule has 1 aliphatic heterocycles. The Balaban J connectivity index is 2.35. The zero-order chi connectivity index (χ0) is 15.3. The van der Waals surface area contributed by atoms with Crippen molar-refractivity contribution in [2.24, 2.45) is 11.8 Å². The van der Waals surface area contributed by atoms with Gasteiger partial charge in [-0.1, -0.05) is 13.8 Å². The monoisotopic (exact) mass is 294 g/mol. The van der Waals surface area contributed by atoms with Crippen LogP contribution in [0.25, 0.3) is 0 Å². The third-order valence-electron chi connectivity index (χ3n) is 3.42. The Labute approximate surface area is 116 Å². The summed E-state index contributed by atoms with van der Waals surface area (Å²) in [7, 11) is 0. The Morgan fingerprint density at radius 3 is 2.25 bits per heavy atom. The molecule has 0 aliphatic carbocycles. The normalized spacial score (nSPS) is 17.4. The van der Waals surface area contributed by atoms with Crippen molar-refractivity contribution >= 4 is 11.8 Å². The fourth-order valence-electron chi connectivity index (χ4n) is 2.15. The molecule has 1 saturated heterocycles. The predicted octanol–water partition coefficient (Wildman–Crippen LogP) is 1.95. The maximum absolute atomic E-state index is 12.3. The molecule has 1 fully saturated rings. The summed E-state index contributed by atoms with van der Waals surface area (Å²) in [6.07, 6.45) is -3.38. The highest BCUT2D eigenvalue weighted by molar-refractivity contribution is 5.83. The van der Waals surface area contributed by atoms with Crippen LogP contribution in [0.15, 0.2) is 0 Å². The minimum absolute atomic E-state index is 0.0133. The summed E-state index contributed by atoms with van der Waals surface area (Å²) < 4.78 is 36.8. The molecule has 7 heteroatoms. The molecule has 0 bridgehead atoms. The van der Waals surface area contributed by atoms with E-state index in [2.05, 4.69) is 5.32 Å². The molecular weight excluding hydrogens is 273 g/mol. The lowest BCUT2D eigenvalue weighted by Gasteiger charge is -2.31. The van der Waals surface area contributed by atoms with E-state index in [4.69, 9.17) is 0 Å². The van der Waals surface area contributed by atoms with E-state index in [9.17, 15) is 22.8 Å². The molecule has 0 aromatic rings. The summed E-state index contributed by atoms with van der Waals surface area (Å²) in [6.45, 7) is 4.65. The van der Waals surface area contributed by atoms with Crippen LogP contribution in [-0.2, 0) is 9.59 Å². The Bertz CT molecular complexity index is 348. The van der Waals surface area contributed by atoms with Crippen LogP contribution in [0, 0.1) is 11.8 Å². The topological polar surface area (TPSA) is 49.4 Å². The molecule has 0 aromatic carbocycles. The van der Waals surface area contributed by atoms with E-state index in [-0.39, 0.29) is 37.8 Å². The lowest BCUT2D eigenvalue weighted by atomic mass is 9.95. The highest BCUT2D eigenvalue weighted by atomic mass is 19.4. The summed E-state index contributed by atoms with van der Waals surface area (Å²) >= 11 is 0. The second-order valence-corrected chi connectivity index (χ2v) is 5.54. The standard InChI is InChI=1S/C13H21F3N2O2/c1-9(2)3-6-17-11(19)10-4-7-18(8-5-10)12(20)13(14,15)16/h9-10H,3-8H2,1-2H3,(H,17,19). The average Bonchev–Trinajstić information content (AvgIpc) is 2.36. The molecule has 4 nitrogen and oxygen atoms in total. The first-order valence-electron chi connectivity index (χ1n) is 6.85. The van der Waals surface area contributed by atoms with Crippen molar-refractivity contribution in [1.29, 1.82) is 0 Å². The van der Waals surface area contributed by atoms with Gasteiger partial charge < -0.3 is 10.2 Å². The summed E-state index contributed by atoms with van der Waals surface area (Å²) in [5, 5.41) is 2.79. The van der Waals surface area contributed by atoms with Gasteiger partial charge >= 0.3 is 12.1 Å². The van der Waals surface area contributed by atoms with Crippen LogP contribution in [0.5, 0.6) is 0 Å². The average molecular weight is 294 g/mol. The zero-order valence-electron chi connectivity index (χ0n) is 11.8. The van der Waals surface area contributed by atoms with Gasteiger partial charge in [-0.25, -0.2) is 0 Å². The van der Waals surface area contributed by atoms with Gasteiger partial charge in [0.2, 0.25) is 5.91 Å². The second-order valence-electron chi connectivity index (χ2n) is 5.54. The molecular formula is C13H21F3N2O2. The van der Waals surface area contributed by atoms with Crippen molar-refractivity contribution in [2.75, 3.05) is 19.6 Å². The summed E-state index contributed by atoms with van der Waals surface area (Å²) in [5.41, 5.74) is 0. The van der Waals surface area contributed by atoms with Gasteiger partial charge in [0, 0.05) is 25.6 Å². The Morgan fingerprint density at radius 1 is 1.25 bits per heavy atom. The number of likely N-dealkylation sites (tertiary alicyclic amines) is 1. The van der Waals surface area contributed by atoms with Crippen molar-refractivity contribution in [3.05, 3.63) is 0 Å². The van der Waals surface area contributed by atoms with Crippen LogP contribution >= 0.6 is 0 Å². The van der Waals surface area contributed by atoms with Gasteiger partial charge in [-0.3, -0.25) is 9.59 Å². The summed E-state index contributed by atoms with van der Waals surface area (Å²) in [4.78, 5) is 23.6. The Morgan fingerprint density at radius 2 is 1.80 bits per heavy atom. The molecule has 1 heterocycles. The fourth-order valence-corrected chi connectivity index (χ4v) is 2.15. The maximum atomic E-state index is 12.3. The van der Waals surface area contributed by atoms with Crippen LogP contribution in [0.2, 0.25) is 0 Å². The second kappa shape index (κ2) is 6.95. The molecule has 1 rings (SSSR count). The number of rotatable bonds is 4. The van der Waals surface area contributed by atoms with Gasteiger partial charge in [-0.05, 0) is 25.2 Å². The number of hydrogen-bond acceptors (Lipinski definition) is 2. The predicted molar refractivity (Wildman–Crippen MR) is 67.8 cm³/mol. The van der Waals surface area contributed by atoms with Gasteiger partial charge in [0.25, 0.3) is 0 Å². The van der Waals surface area contributed by atoms with E-state index >= 15 is 0 Å². The van der Waals surface area contributed by atoms with E-state index in [0.717, 1.165) is 11.3 Å². The summed E-state index contributed by atoms with van der Waals surface area (Å²) in [5.74, 6) is -1.73. The van der Waals surface area contributed by atoms with Crippen molar-refractivity contribution in [1.82, 2.24) is 10.2 Å². The molecule has 20 heavy (non-hydrogen) atoms. The highest BCUT2D eigenvalue weighted by Gasteiger charge is 2.43. The van der Waals surface area contributed by atoms with Crippen molar-refractivity contribution < 1.29 is 22.8 Å². The first-order chi connectivity index (χ1) is 9.21. The number of carbonyl (C=O) groups is 2. The van der Waals surface area contributed by atoms with Crippen molar-refractivity contribution in [3.8, 4) is 0 Å². The van der Waals surface area contributed by atoms with E-state index in [1.807, 2.05) is 13.8 Å². The van der Waals surface area contributed by atoms with Crippen molar-refractivity contribution in [3.63, 3.8) is 0 Å². The number of alkyl halides is 3. The number of hydrogen-bond donors (Lipinski definition) is 1. The third-order valence-corrected chi connectivity index (χ3v) is 3.42. The minimum Gasteiger partial charge on any atom is -0.356 e. The number of nitrogens with zero attached hydrogens (tertiary/aromatic N) is 1. The van der Waals surface area contributed by atoms with E-state index in [1.54, 1.807) is 0 Å². The van der Waals surface area contributed by atoms with E-state index in [1.165, 1.54) is 0 Å². The molecule has 0 radical (unpaired) electrons. The number of nitrogens with one attached hydrogen (secondary N) is 1. The fraction of sp³-hybridized carbons (Fsp3) is 0.846. The van der Waals surface area contributed by atoms with E-state index < -0.39 is 12.1 Å². The summed E-state index contributed by atoms with van der Waals surface area (Å²) in [6, 6.07) is 0. The first kappa shape index (κ1) is 16.8. The minimum atomic E-state index is -4.83. The van der Waals surface area contributed by atoms with Crippen LogP contribution in [0.4, 0.5) is 13.2 Å². The van der Waals surface area contributed by atoms with E-state index in [0.29, 0.717) is 12.5 Å². The lowest BCUT2D eigenvalue weighted by Crippen LogP contribution is -2.47. The van der Waals surface area contributed by atoms with Gasteiger partial charge in [0.1, 0.15) is 0 Å².